The summed E-state index contributed by atoms with van der Waals surface area (Å²) in [5, 5.41) is 2.56. The molecule has 1 aromatic heterocycles. The van der Waals surface area contributed by atoms with Crippen molar-refractivity contribution in [2.24, 2.45) is 0 Å². The Balaban J connectivity index is 2.04. The highest BCUT2D eigenvalue weighted by molar-refractivity contribution is 6.04. The second-order valence-corrected chi connectivity index (χ2v) is 3.77. The lowest BCUT2D eigenvalue weighted by Crippen LogP contribution is -2.17. The van der Waals surface area contributed by atoms with E-state index in [0.717, 1.165) is 12.1 Å². The highest BCUT2D eigenvalue weighted by Gasteiger charge is 2.31. The van der Waals surface area contributed by atoms with E-state index < -0.39 is 12.3 Å². The van der Waals surface area contributed by atoms with Crippen molar-refractivity contribution < 1.29 is 22.7 Å². The molecule has 2 rings (SSSR count). The van der Waals surface area contributed by atoms with Gasteiger partial charge < -0.3 is 10.1 Å². The largest absolute Gasteiger partial charge is 0.573 e. The van der Waals surface area contributed by atoms with Crippen molar-refractivity contribution in [2.45, 2.75) is 6.36 Å². The van der Waals surface area contributed by atoms with Gasteiger partial charge in [-0.2, -0.15) is 0 Å². The molecule has 1 heterocycles. The molecule has 0 saturated heterocycles. The Hall–Kier alpha value is -2.57. The quantitative estimate of drug-likeness (QED) is 0.940. The fourth-order valence-electron chi connectivity index (χ4n) is 1.45. The minimum atomic E-state index is -4.75. The van der Waals surface area contributed by atoms with Crippen molar-refractivity contribution in [3.8, 4) is 5.75 Å². The van der Waals surface area contributed by atoms with Crippen molar-refractivity contribution in [2.75, 3.05) is 5.32 Å². The zero-order valence-electron chi connectivity index (χ0n) is 10.0. The third-order valence-electron chi connectivity index (χ3n) is 2.27. The third kappa shape index (κ3) is 3.98. The minimum absolute atomic E-state index is 0.211. The molecule has 0 aliphatic carbocycles. The van der Waals surface area contributed by atoms with Gasteiger partial charge in [0.05, 0.1) is 11.9 Å². The smallest absolute Gasteiger partial charge is 0.406 e. The fourth-order valence-corrected chi connectivity index (χ4v) is 1.45. The normalized spacial score (nSPS) is 10.9. The Morgan fingerprint density at radius 1 is 1.15 bits per heavy atom. The Bertz CT molecular complexity index is 583. The van der Waals surface area contributed by atoms with Crippen molar-refractivity contribution in [3.63, 3.8) is 0 Å². The number of nitrogens with one attached hydrogen (secondary N) is 1. The van der Waals surface area contributed by atoms with Crippen LogP contribution in [0.3, 0.4) is 0 Å². The molecule has 0 aliphatic heterocycles. The second-order valence-electron chi connectivity index (χ2n) is 3.77. The van der Waals surface area contributed by atoms with E-state index in [2.05, 4.69) is 15.0 Å². The van der Waals surface area contributed by atoms with E-state index in [0.29, 0.717) is 5.69 Å². The van der Waals surface area contributed by atoms with Crippen molar-refractivity contribution in [1.82, 2.24) is 4.98 Å². The first kappa shape index (κ1) is 13.9. The lowest BCUT2D eigenvalue weighted by molar-refractivity contribution is -0.274. The number of amides is 1. The fraction of sp³-hybridized carbons (Fsp3) is 0.0769. The van der Waals surface area contributed by atoms with E-state index in [4.69, 9.17) is 0 Å². The zero-order chi connectivity index (χ0) is 14.6. The molecule has 0 spiro atoms. The molecule has 0 atom stereocenters. The molecule has 0 unspecified atom stereocenters. The topological polar surface area (TPSA) is 51.2 Å². The number of nitrogens with zero attached hydrogens (tertiary/aromatic N) is 1. The van der Waals surface area contributed by atoms with Crippen LogP contribution >= 0.6 is 0 Å². The Morgan fingerprint density at radius 2 is 1.85 bits per heavy atom. The van der Waals surface area contributed by atoms with Gasteiger partial charge in [-0.15, -0.1) is 13.2 Å². The molecule has 0 bridgehead atoms. The molecular weight excluding hydrogens is 273 g/mol. The first-order chi connectivity index (χ1) is 9.44. The molecule has 0 aliphatic rings. The van der Waals surface area contributed by atoms with Gasteiger partial charge in [0.25, 0.3) is 5.91 Å². The van der Waals surface area contributed by atoms with Gasteiger partial charge in [0, 0.05) is 11.8 Å². The molecule has 7 heteroatoms. The molecule has 1 aromatic carbocycles. The molecule has 104 valence electrons. The first-order valence-corrected chi connectivity index (χ1v) is 5.51. The number of benzene rings is 1. The zero-order valence-corrected chi connectivity index (χ0v) is 10.0. The lowest BCUT2D eigenvalue weighted by Gasteiger charge is -2.09. The molecule has 1 amide bonds. The highest BCUT2D eigenvalue weighted by atomic mass is 19.4. The number of hydrogen-bond donors (Lipinski definition) is 1. The number of rotatable bonds is 3. The molecule has 20 heavy (non-hydrogen) atoms. The summed E-state index contributed by atoms with van der Waals surface area (Å²) in [6.07, 6.45) is -1.74. The van der Waals surface area contributed by atoms with Gasteiger partial charge >= 0.3 is 6.36 Å². The SMILES string of the molecule is O=C(Nc1cccnc1)c1ccc(OC(F)(F)F)cc1. The average molecular weight is 282 g/mol. The van der Waals surface area contributed by atoms with Gasteiger partial charge in [0.1, 0.15) is 5.75 Å². The molecule has 0 saturated carbocycles. The van der Waals surface area contributed by atoms with Crippen LogP contribution in [0.1, 0.15) is 10.4 Å². The van der Waals surface area contributed by atoms with E-state index in [1.54, 1.807) is 18.3 Å². The Morgan fingerprint density at radius 3 is 2.40 bits per heavy atom. The van der Waals surface area contributed by atoms with Gasteiger partial charge in [-0.05, 0) is 36.4 Å². The average Bonchev–Trinajstić information content (AvgIpc) is 2.39. The maximum atomic E-state index is 12.0. The number of alkyl halides is 3. The summed E-state index contributed by atoms with van der Waals surface area (Å²) in [5.41, 5.74) is 0.705. The maximum Gasteiger partial charge on any atom is 0.573 e. The van der Waals surface area contributed by atoms with Crippen LogP contribution in [0.2, 0.25) is 0 Å². The Labute approximate surface area is 112 Å². The third-order valence-corrected chi connectivity index (χ3v) is 2.27. The number of anilines is 1. The van der Waals surface area contributed by atoms with Crippen LogP contribution in [-0.2, 0) is 0 Å². The number of hydrogen-bond acceptors (Lipinski definition) is 3. The summed E-state index contributed by atoms with van der Waals surface area (Å²) in [5.74, 6) is -0.827. The van der Waals surface area contributed by atoms with E-state index in [-0.39, 0.29) is 11.3 Å². The molecule has 2 aromatic rings. The molecular formula is C13H9F3N2O2. The van der Waals surface area contributed by atoms with Crippen LogP contribution in [0, 0.1) is 0 Å². The van der Waals surface area contributed by atoms with Crippen LogP contribution in [-0.4, -0.2) is 17.3 Å². The lowest BCUT2D eigenvalue weighted by atomic mass is 10.2. The van der Waals surface area contributed by atoms with E-state index in [1.165, 1.54) is 18.3 Å². The number of halogens is 3. The van der Waals surface area contributed by atoms with Gasteiger partial charge in [-0.25, -0.2) is 0 Å². The van der Waals surface area contributed by atoms with Crippen LogP contribution in [0.4, 0.5) is 18.9 Å². The number of carbonyl (C=O) groups is 1. The molecule has 0 fully saturated rings. The Kier molecular flexibility index (Phi) is 3.88. The summed E-state index contributed by atoms with van der Waals surface area (Å²) in [7, 11) is 0. The van der Waals surface area contributed by atoms with Crippen LogP contribution in [0.25, 0.3) is 0 Å². The van der Waals surface area contributed by atoms with E-state index >= 15 is 0 Å². The summed E-state index contributed by atoms with van der Waals surface area (Å²) in [6, 6.07) is 7.93. The maximum absolute atomic E-state index is 12.0. The van der Waals surface area contributed by atoms with Gasteiger partial charge in [0.2, 0.25) is 0 Å². The monoisotopic (exact) mass is 282 g/mol. The summed E-state index contributed by atoms with van der Waals surface area (Å²) in [4.78, 5) is 15.6. The van der Waals surface area contributed by atoms with E-state index in [9.17, 15) is 18.0 Å². The number of carbonyl (C=O) groups excluding carboxylic acids is 1. The van der Waals surface area contributed by atoms with Gasteiger partial charge in [-0.3, -0.25) is 9.78 Å². The van der Waals surface area contributed by atoms with E-state index in [1.807, 2.05) is 0 Å². The van der Waals surface area contributed by atoms with Crippen molar-refractivity contribution >= 4 is 11.6 Å². The highest BCUT2D eigenvalue weighted by Crippen LogP contribution is 2.22. The molecule has 4 nitrogen and oxygen atoms in total. The number of pyridine rings is 1. The summed E-state index contributed by atoms with van der Waals surface area (Å²) in [6.45, 7) is 0. The van der Waals surface area contributed by atoms with Crippen LogP contribution in [0.15, 0.2) is 48.8 Å². The van der Waals surface area contributed by atoms with Crippen molar-refractivity contribution in [1.29, 1.82) is 0 Å². The number of aromatic nitrogens is 1. The van der Waals surface area contributed by atoms with Crippen molar-refractivity contribution in [3.05, 3.63) is 54.4 Å². The van der Waals surface area contributed by atoms with Crippen LogP contribution < -0.4 is 10.1 Å². The number of ether oxygens (including phenoxy) is 1. The van der Waals surface area contributed by atoms with Gasteiger partial charge in [0.15, 0.2) is 0 Å². The summed E-state index contributed by atoms with van der Waals surface area (Å²) >= 11 is 0. The predicted molar refractivity (Wildman–Crippen MR) is 65.3 cm³/mol. The summed E-state index contributed by atoms with van der Waals surface area (Å²) < 4.78 is 39.7. The van der Waals surface area contributed by atoms with Gasteiger partial charge in [-0.1, -0.05) is 0 Å². The minimum Gasteiger partial charge on any atom is -0.406 e. The second kappa shape index (κ2) is 5.60. The first-order valence-electron chi connectivity index (χ1n) is 5.51. The molecule has 0 radical (unpaired) electrons. The molecule has 1 N–H and O–H groups in total. The predicted octanol–water partition coefficient (Wildman–Crippen LogP) is 3.23. The standard InChI is InChI=1S/C13H9F3N2O2/c14-13(15,16)20-11-5-3-9(4-6-11)12(19)18-10-2-1-7-17-8-10/h1-8H,(H,18,19). The van der Waals surface area contributed by atoms with Crippen LogP contribution in [0.5, 0.6) is 5.75 Å².